The van der Waals surface area contributed by atoms with Crippen molar-refractivity contribution in [3.05, 3.63) is 0 Å². The van der Waals surface area contributed by atoms with Crippen LogP contribution in [0.2, 0.25) is 0 Å². The normalized spacial score (nSPS) is 28.7. The van der Waals surface area contributed by atoms with E-state index in [4.69, 9.17) is 4.74 Å². The average molecular weight is 324 g/mol. The molecule has 1 atom stereocenters. The molecule has 2 aliphatic rings. The Morgan fingerprint density at radius 3 is 2.48 bits per heavy atom. The van der Waals surface area contributed by atoms with Gasteiger partial charge in [-0.05, 0) is 64.8 Å². The van der Waals surface area contributed by atoms with Gasteiger partial charge in [-0.3, -0.25) is 9.69 Å². The van der Waals surface area contributed by atoms with Gasteiger partial charge in [0.2, 0.25) is 5.91 Å². The molecule has 1 unspecified atom stereocenters. The van der Waals surface area contributed by atoms with Gasteiger partial charge in [-0.25, -0.2) is 4.79 Å². The molecule has 0 N–H and O–H groups in total. The van der Waals surface area contributed by atoms with E-state index in [-0.39, 0.29) is 17.9 Å². The van der Waals surface area contributed by atoms with Crippen LogP contribution < -0.4 is 0 Å². The van der Waals surface area contributed by atoms with Crippen molar-refractivity contribution in [2.24, 2.45) is 5.92 Å². The SMILES string of the molecule is CCOC(=O)C1CCCCN1C(=O)CN(C)C1CCC(C)CC1. The lowest BCUT2D eigenvalue weighted by Crippen LogP contribution is -2.52. The Balaban J connectivity index is 1.90. The molecule has 1 saturated carbocycles. The molecule has 0 radical (unpaired) electrons. The van der Waals surface area contributed by atoms with Gasteiger partial charge in [-0.1, -0.05) is 6.92 Å². The van der Waals surface area contributed by atoms with Crippen LogP contribution in [0.3, 0.4) is 0 Å². The molecule has 1 heterocycles. The number of piperidine rings is 1. The van der Waals surface area contributed by atoms with Crippen molar-refractivity contribution in [1.82, 2.24) is 9.80 Å². The highest BCUT2D eigenvalue weighted by Crippen LogP contribution is 2.26. The van der Waals surface area contributed by atoms with E-state index >= 15 is 0 Å². The molecular formula is C18H32N2O3. The summed E-state index contributed by atoms with van der Waals surface area (Å²) < 4.78 is 5.15. The number of esters is 1. The Kier molecular flexibility index (Phi) is 6.88. The molecule has 1 saturated heterocycles. The molecule has 2 fully saturated rings. The Morgan fingerprint density at radius 1 is 1.13 bits per heavy atom. The van der Waals surface area contributed by atoms with Crippen LogP contribution in [0.4, 0.5) is 0 Å². The second-order valence-corrected chi connectivity index (χ2v) is 7.18. The lowest BCUT2D eigenvalue weighted by atomic mass is 9.87. The second kappa shape index (κ2) is 8.67. The van der Waals surface area contributed by atoms with Crippen LogP contribution in [-0.2, 0) is 14.3 Å². The molecule has 23 heavy (non-hydrogen) atoms. The summed E-state index contributed by atoms with van der Waals surface area (Å²) in [4.78, 5) is 28.8. The van der Waals surface area contributed by atoms with E-state index in [2.05, 4.69) is 11.8 Å². The van der Waals surface area contributed by atoms with Gasteiger partial charge in [0.25, 0.3) is 0 Å². The maximum Gasteiger partial charge on any atom is 0.328 e. The molecule has 0 aromatic carbocycles. The molecule has 1 amide bonds. The predicted octanol–water partition coefficient (Wildman–Crippen LogP) is 2.44. The third-order valence-electron chi connectivity index (χ3n) is 5.38. The predicted molar refractivity (Wildman–Crippen MR) is 90.0 cm³/mol. The van der Waals surface area contributed by atoms with E-state index in [1.165, 1.54) is 25.7 Å². The first-order valence-corrected chi connectivity index (χ1v) is 9.19. The first-order chi connectivity index (χ1) is 11.0. The second-order valence-electron chi connectivity index (χ2n) is 7.18. The van der Waals surface area contributed by atoms with Crippen molar-refractivity contribution < 1.29 is 14.3 Å². The lowest BCUT2D eigenvalue weighted by molar-refractivity contribution is -0.157. The number of likely N-dealkylation sites (tertiary alicyclic amines) is 1. The first kappa shape index (κ1) is 18.2. The third kappa shape index (κ3) is 4.93. The van der Waals surface area contributed by atoms with Crippen molar-refractivity contribution in [1.29, 1.82) is 0 Å². The Labute approximate surface area is 140 Å². The number of carbonyl (C=O) groups is 2. The fourth-order valence-corrected chi connectivity index (χ4v) is 3.83. The minimum absolute atomic E-state index is 0.0730. The molecule has 0 bridgehead atoms. The van der Waals surface area contributed by atoms with Crippen molar-refractivity contribution in [2.45, 2.75) is 70.9 Å². The summed E-state index contributed by atoms with van der Waals surface area (Å²) in [6.07, 6.45) is 7.54. The number of amides is 1. The van der Waals surface area contributed by atoms with E-state index in [9.17, 15) is 9.59 Å². The molecular weight excluding hydrogens is 292 g/mol. The van der Waals surface area contributed by atoms with Crippen LogP contribution in [0, 0.1) is 5.92 Å². The maximum absolute atomic E-state index is 12.7. The summed E-state index contributed by atoms with van der Waals surface area (Å²) in [7, 11) is 2.04. The fraction of sp³-hybridized carbons (Fsp3) is 0.889. The standard InChI is InChI=1S/C18H32N2O3/c1-4-23-18(22)16-7-5-6-12-20(16)17(21)13-19(3)15-10-8-14(2)9-11-15/h14-16H,4-13H2,1-3H3. The van der Waals surface area contributed by atoms with Crippen LogP contribution in [0.15, 0.2) is 0 Å². The fourth-order valence-electron chi connectivity index (χ4n) is 3.83. The summed E-state index contributed by atoms with van der Waals surface area (Å²) >= 11 is 0. The number of rotatable bonds is 5. The van der Waals surface area contributed by atoms with Gasteiger partial charge < -0.3 is 9.64 Å². The van der Waals surface area contributed by atoms with Crippen molar-refractivity contribution >= 4 is 11.9 Å². The molecule has 5 heteroatoms. The van der Waals surface area contributed by atoms with Gasteiger partial charge >= 0.3 is 5.97 Å². The largest absolute Gasteiger partial charge is 0.464 e. The first-order valence-electron chi connectivity index (χ1n) is 9.19. The quantitative estimate of drug-likeness (QED) is 0.729. The van der Waals surface area contributed by atoms with Crippen molar-refractivity contribution in [3.63, 3.8) is 0 Å². The number of hydrogen-bond acceptors (Lipinski definition) is 4. The summed E-state index contributed by atoms with van der Waals surface area (Å²) in [5.74, 6) is 0.643. The van der Waals surface area contributed by atoms with E-state index in [1.54, 1.807) is 4.90 Å². The molecule has 0 aromatic heterocycles. The molecule has 5 nitrogen and oxygen atoms in total. The van der Waals surface area contributed by atoms with E-state index in [0.29, 0.717) is 25.7 Å². The molecule has 1 aliphatic heterocycles. The summed E-state index contributed by atoms with van der Waals surface area (Å²) in [5.41, 5.74) is 0. The third-order valence-corrected chi connectivity index (χ3v) is 5.38. The smallest absolute Gasteiger partial charge is 0.328 e. The minimum Gasteiger partial charge on any atom is -0.464 e. The number of hydrogen-bond donors (Lipinski definition) is 0. The van der Waals surface area contributed by atoms with E-state index in [1.807, 2.05) is 14.0 Å². The van der Waals surface area contributed by atoms with Gasteiger partial charge in [-0.15, -0.1) is 0 Å². The van der Waals surface area contributed by atoms with Crippen molar-refractivity contribution in [2.75, 3.05) is 26.7 Å². The highest BCUT2D eigenvalue weighted by atomic mass is 16.5. The van der Waals surface area contributed by atoms with Crippen LogP contribution in [0.5, 0.6) is 0 Å². The monoisotopic (exact) mass is 324 g/mol. The van der Waals surface area contributed by atoms with Gasteiger partial charge in [0, 0.05) is 12.6 Å². The molecule has 0 aromatic rings. The highest BCUT2D eigenvalue weighted by Gasteiger charge is 2.34. The minimum atomic E-state index is -0.379. The Morgan fingerprint density at radius 2 is 1.83 bits per heavy atom. The molecule has 0 spiro atoms. The van der Waals surface area contributed by atoms with Gasteiger partial charge in [0.05, 0.1) is 13.2 Å². The number of nitrogens with zero attached hydrogens (tertiary/aromatic N) is 2. The highest BCUT2D eigenvalue weighted by molar-refractivity contribution is 5.85. The van der Waals surface area contributed by atoms with E-state index in [0.717, 1.165) is 25.2 Å². The van der Waals surface area contributed by atoms with Gasteiger partial charge in [0.1, 0.15) is 6.04 Å². The van der Waals surface area contributed by atoms with Crippen LogP contribution in [-0.4, -0.2) is 60.5 Å². The summed E-state index contributed by atoms with van der Waals surface area (Å²) in [6, 6.07) is 0.122. The van der Waals surface area contributed by atoms with Crippen LogP contribution in [0.25, 0.3) is 0 Å². The summed E-state index contributed by atoms with van der Waals surface area (Å²) in [5, 5.41) is 0. The number of carbonyl (C=O) groups excluding carboxylic acids is 2. The topological polar surface area (TPSA) is 49.9 Å². The zero-order chi connectivity index (χ0) is 16.8. The Hall–Kier alpha value is -1.10. The summed E-state index contributed by atoms with van der Waals surface area (Å²) in [6.45, 7) is 5.58. The van der Waals surface area contributed by atoms with Crippen LogP contribution in [0.1, 0.15) is 58.8 Å². The Bertz CT molecular complexity index is 405. The number of likely N-dealkylation sites (N-methyl/N-ethyl adjacent to an activating group) is 1. The number of ether oxygens (including phenoxy) is 1. The zero-order valence-corrected chi connectivity index (χ0v) is 14.9. The maximum atomic E-state index is 12.7. The zero-order valence-electron chi connectivity index (χ0n) is 14.9. The average Bonchev–Trinajstić information content (AvgIpc) is 2.55. The molecule has 2 rings (SSSR count). The molecule has 1 aliphatic carbocycles. The lowest BCUT2D eigenvalue weighted by Gasteiger charge is -2.37. The van der Waals surface area contributed by atoms with Gasteiger partial charge in [0.15, 0.2) is 0 Å². The van der Waals surface area contributed by atoms with Gasteiger partial charge in [-0.2, -0.15) is 0 Å². The van der Waals surface area contributed by atoms with Crippen molar-refractivity contribution in [3.8, 4) is 0 Å². The molecule has 132 valence electrons. The van der Waals surface area contributed by atoms with Crippen LogP contribution >= 0.6 is 0 Å². The van der Waals surface area contributed by atoms with E-state index < -0.39 is 0 Å².